The average molecular weight is 633 g/mol. The molecule has 0 atom stereocenters. The third kappa shape index (κ3) is 6.84. The number of nitrogen functional groups attached to an aromatic ring is 1. The van der Waals surface area contributed by atoms with E-state index in [0.717, 1.165) is 12.5 Å². The molecule has 11 nitrogen and oxygen atoms in total. The van der Waals surface area contributed by atoms with Gasteiger partial charge < -0.3 is 11.1 Å². The summed E-state index contributed by atoms with van der Waals surface area (Å²) in [5.74, 6) is 6.18. The van der Waals surface area contributed by atoms with Gasteiger partial charge in [-0.25, -0.2) is 37.0 Å². The van der Waals surface area contributed by atoms with Crippen LogP contribution in [0.25, 0.3) is 16.6 Å². The number of anilines is 2. The minimum atomic E-state index is -3.42. The van der Waals surface area contributed by atoms with Crippen LogP contribution in [0.5, 0.6) is 0 Å². The van der Waals surface area contributed by atoms with Crippen molar-refractivity contribution >= 4 is 44.2 Å². The lowest BCUT2D eigenvalue weighted by Gasteiger charge is -2.17. The molecule has 3 aromatic heterocycles. The molecule has 0 saturated carbocycles. The zero-order valence-electron chi connectivity index (χ0n) is 23.6. The van der Waals surface area contributed by atoms with Crippen LogP contribution in [0.2, 0.25) is 5.02 Å². The standard InChI is InChI=1S/C30H26ClFN8O3S/c1-39(44(2,42)43)17-19-5-3-6-22(15-19)40-26(38-25-8-4-7-24(31)27(25)30(40)41)13-14-34-29-23(28(33)36-18-37-29)12-11-21-10-9-20(32)16-35-21/h3-10,15-16,18H,13-14,17H2,1-2H3,(H3,33,34,36,37). The van der Waals surface area contributed by atoms with Gasteiger partial charge >= 0.3 is 0 Å². The van der Waals surface area contributed by atoms with E-state index in [-0.39, 0.29) is 41.3 Å². The maximum atomic E-state index is 13.9. The van der Waals surface area contributed by atoms with E-state index in [2.05, 4.69) is 32.1 Å². The van der Waals surface area contributed by atoms with Crippen LogP contribution in [-0.4, -0.2) is 57.1 Å². The van der Waals surface area contributed by atoms with Crippen molar-refractivity contribution < 1.29 is 12.8 Å². The zero-order chi connectivity index (χ0) is 31.4. The normalized spacial score (nSPS) is 11.4. The van der Waals surface area contributed by atoms with Crippen molar-refractivity contribution in [3.05, 3.63) is 111 Å². The van der Waals surface area contributed by atoms with Crippen LogP contribution in [-0.2, 0) is 23.0 Å². The lowest BCUT2D eigenvalue weighted by Crippen LogP contribution is -2.27. The number of benzene rings is 2. The van der Waals surface area contributed by atoms with Crippen molar-refractivity contribution in [1.82, 2.24) is 28.8 Å². The fourth-order valence-electron chi connectivity index (χ4n) is 4.36. The largest absolute Gasteiger partial charge is 0.382 e. The summed E-state index contributed by atoms with van der Waals surface area (Å²) < 4.78 is 39.9. The summed E-state index contributed by atoms with van der Waals surface area (Å²) in [6, 6.07) is 14.8. The lowest BCUT2D eigenvalue weighted by molar-refractivity contribution is 0.472. The smallest absolute Gasteiger partial charge is 0.267 e. The predicted octanol–water partition coefficient (Wildman–Crippen LogP) is 3.39. The molecule has 2 aromatic carbocycles. The fourth-order valence-corrected chi connectivity index (χ4v) is 5.00. The van der Waals surface area contributed by atoms with Crippen LogP contribution >= 0.6 is 11.6 Å². The van der Waals surface area contributed by atoms with Gasteiger partial charge in [-0.1, -0.05) is 35.7 Å². The third-order valence-electron chi connectivity index (χ3n) is 6.62. The van der Waals surface area contributed by atoms with Gasteiger partial charge in [0.2, 0.25) is 10.0 Å². The molecule has 0 fully saturated rings. The Morgan fingerprint density at radius 3 is 2.64 bits per heavy atom. The third-order valence-corrected chi connectivity index (χ3v) is 8.19. The highest BCUT2D eigenvalue weighted by molar-refractivity contribution is 7.88. The first-order chi connectivity index (χ1) is 21.0. The average Bonchev–Trinajstić information content (AvgIpc) is 2.97. The van der Waals surface area contributed by atoms with Crippen molar-refractivity contribution in [2.75, 3.05) is 30.9 Å². The van der Waals surface area contributed by atoms with Crippen LogP contribution in [0.15, 0.2) is 71.9 Å². The molecule has 0 aliphatic rings. The summed E-state index contributed by atoms with van der Waals surface area (Å²) in [4.78, 5) is 30.8. The van der Waals surface area contributed by atoms with Gasteiger partial charge in [0.1, 0.15) is 40.9 Å². The van der Waals surface area contributed by atoms with Crippen molar-refractivity contribution in [3.63, 3.8) is 0 Å². The van der Waals surface area contributed by atoms with Gasteiger partial charge in [0.15, 0.2) is 0 Å². The molecule has 224 valence electrons. The summed E-state index contributed by atoms with van der Waals surface area (Å²) in [6.07, 6.45) is 3.76. The number of nitrogens with zero attached hydrogens (tertiary/aromatic N) is 6. The Balaban J connectivity index is 1.49. The predicted molar refractivity (Wildman–Crippen MR) is 167 cm³/mol. The van der Waals surface area contributed by atoms with Gasteiger partial charge in [-0.2, -0.15) is 0 Å². The zero-order valence-corrected chi connectivity index (χ0v) is 25.2. The molecule has 0 radical (unpaired) electrons. The molecule has 0 saturated heterocycles. The number of rotatable bonds is 8. The number of sulfonamides is 1. The first-order valence-corrected chi connectivity index (χ1v) is 15.4. The minimum absolute atomic E-state index is 0.118. The van der Waals surface area contributed by atoms with E-state index in [1.165, 1.54) is 34.4 Å². The minimum Gasteiger partial charge on any atom is -0.382 e. The highest BCUT2D eigenvalue weighted by atomic mass is 35.5. The van der Waals surface area contributed by atoms with Crippen LogP contribution in [0, 0.1) is 17.7 Å². The van der Waals surface area contributed by atoms with Gasteiger partial charge in [0, 0.05) is 26.6 Å². The molecule has 5 rings (SSSR count). The summed E-state index contributed by atoms with van der Waals surface area (Å²) in [5.41, 5.74) is 8.00. The second-order valence-electron chi connectivity index (χ2n) is 9.76. The monoisotopic (exact) mass is 632 g/mol. The Bertz CT molecular complexity index is 2090. The van der Waals surface area contributed by atoms with E-state index in [9.17, 15) is 17.6 Å². The van der Waals surface area contributed by atoms with Gasteiger partial charge in [-0.15, -0.1) is 0 Å². The molecule has 0 spiro atoms. The highest BCUT2D eigenvalue weighted by Crippen LogP contribution is 2.22. The second kappa shape index (κ2) is 12.8. The lowest BCUT2D eigenvalue weighted by atomic mass is 10.1. The van der Waals surface area contributed by atoms with Crippen LogP contribution in [0.1, 0.15) is 22.6 Å². The Hall–Kier alpha value is -4.90. The Morgan fingerprint density at radius 1 is 1.09 bits per heavy atom. The van der Waals surface area contributed by atoms with E-state index in [1.54, 1.807) is 42.5 Å². The summed E-state index contributed by atoms with van der Waals surface area (Å²) in [6.45, 7) is 0.390. The summed E-state index contributed by atoms with van der Waals surface area (Å²) in [5, 5.41) is 3.72. The molecule has 0 aliphatic carbocycles. The number of nitrogens with two attached hydrogens (primary N) is 1. The Labute approximate surface area is 257 Å². The summed E-state index contributed by atoms with van der Waals surface area (Å²) in [7, 11) is -1.93. The van der Waals surface area contributed by atoms with E-state index < -0.39 is 15.8 Å². The van der Waals surface area contributed by atoms with Crippen LogP contribution < -0.4 is 16.6 Å². The Morgan fingerprint density at radius 2 is 1.89 bits per heavy atom. The first-order valence-electron chi connectivity index (χ1n) is 13.2. The fraction of sp³-hybridized carbons (Fsp3) is 0.167. The number of fused-ring (bicyclic) bond motifs is 1. The molecule has 3 heterocycles. The molecular formula is C30H26ClFN8O3S. The van der Waals surface area contributed by atoms with Gasteiger partial charge in [-0.05, 0) is 47.9 Å². The molecular weight excluding hydrogens is 607 g/mol. The molecule has 3 N–H and O–H groups in total. The SMILES string of the molecule is CN(Cc1cccc(-n2c(CCNc3ncnc(N)c3C#Cc3ccc(F)cn3)nc3cccc(Cl)c3c2=O)c1)S(C)(=O)=O. The highest BCUT2D eigenvalue weighted by Gasteiger charge is 2.17. The quantitative estimate of drug-likeness (QED) is 0.246. The van der Waals surface area contributed by atoms with Crippen molar-refractivity contribution in [1.29, 1.82) is 0 Å². The van der Waals surface area contributed by atoms with Crippen molar-refractivity contribution in [2.24, 2.45) is 0 Å². The van der Waals surface area contributed by atoms with Crippen molar-refractivity contribution in [3.8, 4) is 17.5 Å². The van der Waals surface area contributed by atoms with Crippen LogP contribution in [0.4, 0.5) is 16.0 Å². The van der Waals surface area contributed by atoms with Gasteiger partial charge in [-0.3, -0.25) is 9.36 Å². The van der Waals surface area contributed by atoms with Gasteiger partial charge in [0.25, 0.3) is 5.56 Å². The number of halogens is 2. The van der Waals surface area contributed by atoms with Gasteiger partial charge in [0.05, 0.1) is 34.1 Å². The number of nitrogens with one attached hydrogen (secondary N) is 1. The molecule has 0 aliphatic heterocycles. The number of hydrogen-bond donors (Lipinski definition) is 2. The maximum Gasteiger partial charge on any atom is 0.267 e. The second-order valence-corrected chi connectivity index (χ2v) is 12.3. The van der Waals surface area contributed by atoms with E-state index in [1.807, 2.05) is 0 Å². The molecule has 5 aromatic rings. The van der Waals surface area contributed by atoms with Crippen LogP contribution in [0.3, 0.4) is 0 Å². The Kier molecular flexibility index (Phi) is 8.86. The summed E-state index contributed by atoms with van der Waals surface area (Å²) >= 11 is 6.42. The molecule has 0 amide bonds. The molecule has 44 heavy (non-hydrogen) atoms. The van der Waals surface area contributed by atoms with E-state index >= 15 is 0 Å². The molecule has 14 heteroatoms. The maximum absolute atomic E-state index is 13.9. The van der Waals surface area contributed by atoms with Crippen molar-refractivity contribution in [2.45, 2.75) is 13.0 Å². The van der Waals surface area contributed by atoms with E-state index in [0.29, 0.717) is 39.7 Å². The number of aromatic nitrogens is 5. The molecule has 0 bridgehead atoms. The molecule has 0 unspecified atom stereocenters. The number of pyridine rings is 1. The first kappa shape index (κ1) is 30.6. The number of hydrogen-bond acceptors (Lipinski definition) is 9. The van der Waals surface area contributed by atoms with E-state index in [4.69, 9.17) is 22.3 Å². The topological polar surface area (TPSA) is 149 Å².